The first-order chi connectivity index (χ1) is 6.95. The molecule has 3 N–H and O–H groups in total. The predicted molar refractivity (Wildman–Crippen MR) is 59.9 cm³/mol. The highest BCUT2D eigenvalue weighted by Crippen LogP contribution is 2.14. The largest absolute Gasteiger partial charge is 0.310 e. The fraction of sp³-hybridized carbons (Fsp3) is 0.400. The fourth-order valence-corrected chi connectivity index (χ4v) is 1.89. The van der Waals surface area contributed by atoms with E-state index in [9.17, 15) is 8.42 Å². The molecule has 0 saturated heterocycles. The summed E-state index contributed by atoms with van der Waals surface area (Å²) in [6.45, 7) is 4.92. The quantitative estimate of drug-likeness (QED) is 0.807. The Hall–Kier alpha value is -0.910. The third-order valence-electron chi connectivity index (χ3n) is 2.22. The van der Waals surface area contributed by atoms with E-state index in [4.69, 9.17) is 5.14 Å². The monoisotopic (exact) mass is 228 g/mol. The molecular formula is C10H16N2O2S. The molecule has 0 bridgehead atoms. The van der Waals surface area contributed by atoms with Crippen molar-refractivity contribution in [1.29, 1.82) is 0 Å². The molecule has 0 spiro atoms. The van der Waals surface area contributed by atoms with Gasteiger partial charge in [-0.25, -0.2) is 13.6 Å². The van der Waals surface area contributed by atoms with E-state index >= 15 is 0 Å². The summed E-state index contributed by atoms with van der Waals surface area (Å²) in [5, 5.41) is 8.24. The highest BCUT2D eigenvalue weighted by Gasteiger charge is 2.08. The van der Waals surface area contributed by atoms with Gasteiger partial charge in [-0.3, -0.25) is 0 Å². The van der Waals surface area contributed by atoms with Crippen molar-refractivity contribution in [3.63, 3.8) is 0 Å². The summed E-state index contributed by atoms with van der Waals surface area (Å²) in [5.41, 5.74) is 1.05. The molecule has 0 aromatic heterocycles. The van der Waals surface area contributed by atoms with Gasteiger partial charge < -0.3 is 5.32 Å². The Kier molecular flexibility index (Phi) is 3.84. The van der Waals surface area contributed by atoms with E-state index in [0.29, 0.717) is 0 Å². The fourth-order valence-electron chi connectivity index (χ4n) is 1.37. The number of nitrogens with one attached hydrogen (secondary N) is 1. The lowest BCUT2D eigenvalue weighted by Crippen LogP contribution is -2.18. The minimum absolute atomic E-state index is 0.148. The first-order valence-electron chi connectivity index (χ1n) is 4.81. The second kappa shape index (κ2) is 4.74. The molecule has 1 aromatic rings. The van der Waals surface area contributed by atoms with Crippen LogP contribution in [0.15, 0.2) is 29.2 Å². The molecular weight excluding hydrogens is 212 g/mol. The number of primary sulfonamides is 1. The molecule has 0 radical (unpaired) electrons. The summed E-state index contributed by atoms with van der Waals surface area (Å²) in [7, 11) is -3.58. The SMILES string of the molecule is CCNC(C)c1ccc(S(N)(=O)=O)cc1. The zero-order valence-corrected chi connectivity index (χ0v) is 9.71. The van der Waals surface area contributed by atoms with Crippen LogP contribution in [0, 0.1) is 0 Å². The van der Waals surface area contributed by atoms with Gasteiger partial charge in [0.25, 0.3) is 0 Å². The summed E-state index contributed by atoms with van der Waals surface area (Å²) in [6, 6.07) is 6.81. The molecule has 5 heteroatoms. The van der Waals surface area contributed by atoms with Gasteiger partial charge in [0.05, 0.1) is 4.90 Å². The van der Waals surface area contributed by atoms with E-state index in [-0.39, 0.29) is 10.9 Å². The van der Waals surface area contributed by atoms with Crippen molar-refractivity contribution in [2.24, 2.45) is 5.14 Å². The average molecular weight is 228 g/mol. The maximum atomic E-state index is 11.0. The van der Waals surface area contributed by atoms with E-state index in [0.717, 1.165) is 12.1 Å². The summed E-state index contributed by atoms with van der Waals surface area (Å²) < 4.78 is 22.0. The lowest BCUT2D eigenvalue weighted by Gasteiger charge is -2.12. The molecule has 0 aliphatic carbocycles. The van der Waals surface area contributed by atoms with Crippen LogP contribution in [0.2, 0.25) is 0 Å². The molecule has 15 heavy (non-hydrogen) atoms. The van der Waals surface area contributed by atoms with Crippen LogP contribution in [-0.2, 0) is 10.0 Å². The van der Waals surface area contributed by atoms with E-state index < -0.39 is 10.0 Å². The molecule has 0 heterocycles. The first kappa shape index (κ1) is 12.2. The summed E-state index contributed by atoms with van der Waals surface area (Å²) >= 11 is 0. The van der Waals surface area contributed by atoms with E-state index in [1.165, 1.54) is 12.1 Å². The highest BCUT2D eigenvalue weighted by atomic mass is 32.2. The third kappa shape index (κ3) is 3.30. The second-order valence-corrected chi connectivity index (χ2v) is 4.95. The molecule has 0 amide bonds. The molecule has 1 atom stereocenters. The number of benzene rings is 1. The zero-order chi connectivity index (χ0) is 11.5. The van der Waals surface area contributed by atoms with Crippen LogP contribution in [0.1, 0.15) is 25.5 Å². The summed E-state index contributed by atoms with van der Waals surface area (Å²) in [4.78, 5) is 0.148. The standard InChI is InChI=1S/C10H16N2O2S/c1-3-12-8(2)9-4-6-10(7-5-9)15(11,13)14/h4-8,12H,3H2,1-2H3,(H2,11,13,14). The number of hydrogen-bond acceptors (Lipinski definition) is 3. The van der Waals surface area contributed by atoms with Crippen LogP contribution in [0.5, 0.6) is 0 Å². The predicted octanol–water partition coefficient (Wildman–Crippen LogP) is 1.00. The Bertz CT molecular complexity index is 412. The Balaban J connectivity index is 2.90. The maximum absolute atomic E-state index is 11.0. The van der Waals surface area contributed by atoms with E-state index in [2.05, 4.69) is 5.32 Å². The number of hydrogen-bond donors (Lipinski definition) is 2. The Morgan fingerprint density at radius 2 is 1.87 bits per heavy atom. The highest BCUT2D eigenvalue weighted by molar-refractivity contribution is 7.89. The topological polar surface area (TPSA) is 72.2 Å². The lowest BCUT2D eigenvalue weighted by atomic mass is 10.1. The zero-order valence-electron chi connectivity index (χ0n) is 8.90. The van der Waals surface area contributed by atoms with Crippen molar-refractivity contribution in [3.8, 4) is 0 Å². The van der Waals surface area contributed by atoms with Crippen molar-refractivity contribution in [2.45, 2.75) is 24.8 Å². The van der Waals surface area contributed by atoms with Crippen molar-refractivity contribution in [3.05, 3.63) is 29.8 Å². The maximum Gasteiger partial charge on any atom is 0.238 e. The van der Waals surface area contributed by atoms with Crippen LogP contribution in [0.25, 0.3) is 0 Å². The van der Waals surface area contributed by atoms with Gasteiger partial charge in [0.1, 0.15) is 0 Å². The molecule has 1 rings (SSSR count). The Morgan fingerprint density at radius 3 is 2.27 bits per heavy atom. The smallest absolute Gasteiger partial charge is 0.238 e. The van der Waals surface area contributed by atoms with E-state index in [1.54, 1.807) is 12.1 Å². The van der Waals surface area contributed by atoms with Crippen molar-refractivity contribution in [2.75, 3.05) is 6.54 Å². The van der Waals surface area contributed by atoms with Crippen LogP contribution >= 0.6 is 0 Å². The van der Waals surface area contributed by atoms with Crippen LogP contribution in [-0.4, -0.2) is 15.0 Å². The minimum Gasteiger partial charge on any atom is -0.310 e. The van der Waals surface area contributed by atoms with Crippen molar-refractivity contribution < 1.29 is 8.42 Å². The minimum atomic E-state index is -3.58. The number of sulfonamides is 1. The van der Waals surface area contributed by atoms with Gasteiger partial charge in [-0.05, 0) is 31.2 Å². The van der Waals surface area contributed by atoms with Crippen LogP contribution < -0.4 is 10.5 Å². The van der Waals surface area contributed by atoms with Crippen molar-refractivity contribution >= 4 is 10.0 Å². The van der Waals surface area contributed by atoms with Gasteiger partial charge in [-0.2, -0.15) is 0 Å². The number of rotatable bonds is 4. The average Bonchev–Trinajstić information content (AvgIpc) is 2.17. The van der Waals surface area contributed by atoms with Gasteiger partial charge >= 0.3 is 0 Å². The van der Waals surface area contributed by atoms with Gasteiger partial charge in [-0.1, -0.05) is 19.1 Å². The normalized spacial score (nSPS) is 13.8. The molecule has 4 nitrogen and oxygen atoms in total. The lowest BCUT2D eigenvalue weighted by molar-refractivity contribution is 0.593. The molecule has 1 aromatic carbocycles. The molecule has 84 valence electrons. The van der Waals surface area contributed by atoms with Gasteiger partial charge in [0, 0.05) is 6.04 Å². The molecule has 0 aliphatic rings. The van der Waals surface area contributed by atoms with Gasteiger partial charge in [0.2, 0.25) is 10.0 Å². The van der Waals surface area contributed by atoms with Crippen LogP contribution in [0.4, 0.5) is 0 Å². The molecule has 0 fully saturated rings. The molecule has 0 saturated carbocycles. The Labute approximate surface area is 90.5 Å². The molecule has 0 aliphatic heterocycles. The second-order valence-electron chi connectivity index (χ2n) is 3.39. The molecule has 1 unspecified atom stereocenters. The Morgan fingerprint density at radius 1 is 1.33 bits per heavy atom. The summed E-state index contributed by atoms with van der Waals surface area (Å²) in [5.74, 6) is 0. The van der Waals surface area contributed by atoms with Crippen LogP contribution in [0.3, 0.4) is 0 Å². The van der Waals surface area contributed by atoms with E-state index in [1.807, 2.05) is 13.8 Å². The van der Waals surface area contributed by atoms with Crippen molar-refractivity contribution in [1.82, 2.24) is 5.32 Å². The van der Waals surface area contributed by atoms with Gasteiger partial charge in [0.15, 0.2) is 0 Å². The number of nitrogens with two attached hydrogens (primary N) is 1. The van der Waals surface area contributed by atoms with Gasteiger partial charge in [-0.15, -0.1) is 0 Å². The first-order valence-corrected chi connectivity index (χ1v) is 6.36. The summed E-state index contributed by atoms with van der Waals surface area (Å²) in [6.07, 6.45) is 0. The third-order valence-corrected chi connectivity index (χ3v) is 3.15.